The largest absolute Gasteiger partial charge is 0.320 e. The summed E-state index contributed by atoms with van der Waals surface area (Å²) in [7, 11) is 0. The topological polar surface area (TPSA) is 54.9 Å². The summed E-state index contributed by atoms with van der Waals surface area (Å²) in [5.41, 5.74) is 4.30. The van der Waals surface area contributed by atoms with Crippen LogP contribution in [0.1, 0.15) is 34.2 Å². The second-order valence-electron chi connectivity index (χ2n) is 4.45. The minimum absolute atomic E-state index is 0.203. The van der Waals surface area contributed by atoms with Gasteiger partial charge in [-0.2, -0.15) is 0 Å². The van der Waals surface area contributed by atoms with Gasteiger partial charge in [0.15, 0.2) is 0 Å². The van der Waals surface area contributed by atoms with Crippen LogP contribution in [0.4, 0.5) is 5.69 Å². The number of nitrogens with zero attached hydrogens (tertiary/aromatic N) is 2. The molecule has 4 nitrogen and oxygen atoms in total. The number of benzene rings is 1. The average Bonchev–Trinajstić information content (AvgIpc) is 2.44. The van der Waals surface area contributed by atoms with Crippen LogP contribution in [-0.2, 0) is 6.42 Å². The maximum absolute atomic E-state index is 12.1. The Bertz CT molecular complexity index is 608. The Kier molecular flexibility index (Phi) is 3.90. The average molecular weight is 255 g/mol. The van der Waals surface area contributed by atoms with Gasteiger partial charge in [-0.25, -0.2) is 9.97 Å². The van der Waals surface area contributed by atoms with Gasteiger partial charge in [-0.15, -0.1) is 0 Å². The minimum Gasteiger partial charge on any atom is -0.320 e. The van der Waals surface area contributed by atoms with E-state index in [1.807, 2.05) is 39.0 Å². The summed E-state index contributed by atoms with van der Waals surface area (Å²) >= 11 is 0. The molecule has 2 aromatic rings. The molecule has 4 heteroatoms. The molecule has 1 amide bonds. The fourth-order valence-corrected chi connectivity index (χ4v) is 1.79. The number of carbonyl (C=O) groups is 1. The van der Waals surface area contributed by atoms with Crippen molar-refractivity contribution in [2.24, 2.45) is 0 Å². The van der Waals surface area contributed by atoms with Crippen molar-refractivity contribution >= 4 is 11.6 Å². The van der Waals surface area contributed by atoms with Gasteiger partial charge in [0.2, 0.25) is 0 Å². The maximum atomic E-state index is 12.1. The smallest absolute Gasteiger partial charge is 0.274 e. The van der Waals surface area contributed by atoms with Crippen molar-refractivity contribution in [3.63, 3.8) is 0 Å². The molecule has 98 valence electrons. The Labute approximate surface area is 112 Å². The van der Waals surface area contributed by atoms with Crippen molar-refractivity contribution in [3.8, 4) is 0 Å². The third-order valence-electron chi connectivity index (χ3n) is 3.17. The number of anilines is 1. The molecule has 0 atom stereocenters. The first-order valence-corrected chi connectivity index (χ1v) is 6.30. The third-order valence-corrected chi connectivity index (χ3v) is 3.17. The van der Waals surface area contributed by atoms with E-state index < -0.39 is 0 Å². The first kappa shape index (κ1) is 13.2. The molecule has 1 aromatic carbocycles. The molecule has 0 bridgehead atoms. The van der Waals surface area contributed by atoms with Gasteiger partial charge in [0.1, 0.15) is 12.0 Å². The molecule has 1 heterocycles. The van der Waals surface area contributed by atoms with E-state index in [9.17, 15) is 4.79 Å². The van der Waals surface area contributed by atoms with Gasteiger partial charge in [-0.05, 0) is 43.5 Å². The number of hydrogen-bond acceptors (Lipinski definition) is 3. The normalized spacial score (nSPS) is 10.3. The summed E-state index contributed by atoms with van der Waals surface area (Å²) in [6.45, 7) is 6.00. The van der Waals surface area contributed by atoms with Gasteiger partial charge in [-0.1, -0.05) is 19.1 Å². The zero-order valence-corrected chi connectivity index (χ0v) is 11.4. The Hall–Kier alpha value is -2.23. The van der Waals surface area contributed by atoms with Crippen LogP contribution in [0.2, 0.25) is 0 Å². The van der Waals surface area contributed by atoms with E-state index >= 15 is 0 Å². The van der Waals surface area contributed by atoms with E-state index in [0.29, 0.717) is 5.69 Å². The van der Waals surface area contributed by atoms with Gasteiger partial charge >= 0.3 is 0 Å². The lowest BCUT2D eigenvalue weighted by atomic mass is 10.1. The van der Waals surface area contributed by atoms with Crippen LogP contribution in [0.5, 0.6) is 0 Å². The molecular formula is C15H17N3O. The van der Waals surface area contributed by atoms with Crippen molar-refractivity contribution in [2.45, 2.75) is 27.2 Å². The zero-order valence-electron chi connectivity index (χ0n) is 11.4. The molecule has 1 N–H and O–H groups in total. The molecular weight excluding hydrogens is 238 g/mol. The van der Waals surface area contributed by atoms with E-state index in [4.69, 9.17) is 0 Å². The highest BCUT2D eigenvalue weighted by Gasteiger charge is 2.10. The zero-order chi connectivity index (χ0) is 13.8. The van der Waals surface area contributed by atoms with Crippen LogP contribution in [0.3, 0.4) is 0 Å². The van der Waals surface area contributed by atoms with Gasteiger partial charge in [0.05, 0.1) is 0 Å². The summed E-state index contributed by atoms with van der Waals surface area (Å²) in [6.07, 6.45) is 2.21. The minimum atomic E-state index is -0.203. The molecule has 0 saturated carbocycles. The number of aryl methyl sites for hydroxylation is 2. The van der Waals surface area contributed by atoms with Crippen molar-refractivity contribution in [1.29, 1.82) is 0 Å². The first-order valence-electron chi connectivity index (χ1n) is 6.30. The summed E-state index contributed by atoms with van der Waals surface area (Å²) in [4.78, 5) is 20.2. The summed E-state index contributed by atoms with van der Waals surface area (Å²) in [6, 6.07) is 7.56. The number of nitrogens with one attached hydrogen (secondary N) is 1. The number of carbonyl (C=O) groups excluding carboxylic acids is 1. The number of rotatable bonds is 3. The predicted molar refractivity (Wildman–Crippen MR) is 75.3 cm³/mol. The molecule has 1 aromatic heterocycles. The lowest BCUT2D eigenvalue weighted by molar-refractivity contribution is 0.102. The van der Waals surface area contributed by atoms with Crippen LogP contribution in [-0.4, -0.2) is 15.9 Å². The number of aromatic nitrogens is 2. The Morgan fingerprint density at radius 3 is 2.79 bits per heavy atom. The lowest BCUT2D eigenvalue weighted by Gasteiger charge is -2.10. The first-order chi connectivity index (χ1) is 9.11. The molecule has 0 fully saturated rings. The lowest BCUT2D eigenvalue weighted by Crippen LogP contribution is -2.15. The Balaban J connectivity index is 2.23. The van der Waals surface area contributed by atoms with Gasteiger partial charge in [0.25, 0.3) is 5.91 Å². The van der Waals surface area contributed by atoms with Crippen LogP contribution < -0.4 is 5.32 Å². The quantitative estimate of drug-likeness (QED) is 0.917. The van der Waals surface area contributed by atoms with Crippen LogP contribution >= 0.6 is 0 Å². The van der Waals surface area contributed by atoms with Crippen molar-refractivity contribution < 1.29 is 4.79 Å². The molecule has 0 aliphatic heterocycles. The highest BCUT2D eigenvalue weighted by atomic mass is 16.1. The second-order valence-corrected chi connectivity index (χ2v) is 4.45. The SMILES string of the molecule is CCc1cc(C(=O)Nc2cccc(C)c2C)ncn1. The number of amides is 1. The fourth-order valence-electron chi connectivity index (χ4n) is 1.79. The molecule has 0 unspecified atom stereocenters. The summed E-state index contributed by atoms with van der Waals surface area (Å²) < 4.78 is 0. The van der Waals surface area contributed by atoms with E-state index in [1.165, 1.54) is 6.33 Å². The molecule has 0 saturated heterocycles. The predicted octanol–water partition coefficient (Wildman–Crippen LogP) is 2.91. The Morgan fingerprint density at radius 2 is 2.05 bits per heavy atom. The van der Waals surface area contributed by atoms with Crippen LogP contribution in [0, 0.1) is 13.8 Å². The standard InChI is InChI=1S/C15H17N3O/c1-4-12-8-14(17-9-16-12)15(19)18-13-7-5-6-10(2)11(13)3/h5-9H,4H2,1-3H3,(H,18,19). The van der Waals surface area contributed by atoms with Crippen molar-refractivity contribution in [1.82, 2.24) is 9.97 Å². The highest BCUT2D eigenvalue weighted by molar-refractivity contribution is 6.03. The van der Waals surface area contributed by atoms with E-state index in [-0.39, 0.29) is 5.91 Å². The highest BCUT2D eigenvalue weighted by Crippen LogP contribution is 2.18. The van der Waals surface area contributed by atoms with Gasteiger partial charge < -0.3 is 5.32 Å². The van der Waals surface area contributed by atoms with Crippen LogP contribution in [0.15, 0.2) is 30.6 Å². The van der Waals surface area contributed by atoms with Crippen LogP contribution in [0.25, 0.3) is 0 Å². The van der Waals surface area contributed by atoms with Crippen molar-refractivity contribution in [3.05, 3.63) is 53.1 Å². The Morgan fingerprint density at radius 1 is 1.26 bits per heavy atom. The van der Waals surface area contributed by atoms with Gasteiger partial charge in [0, 0.05) is 11.4 Å². The molecule has 0 aliphatic rings. The van der Waals surface area contributed by atoms with E-state index in [0.717, 1.165) is 28.9 Å². The molecule has 0 radical (unpaired) electrons. The van der Waals surface area contributed by atoms with E-state index in [1.54, 1.807) is 6.07 Å². The third kappa shape index (κ3) is 2.96. The second kappa shape index (κ2) is 5.61. The summed E-state index contributed by atoms with van der Waals surface area (Å²) in [5.74, 6) is -0.203. The fraction of sp³-hybridized carbons (Fsp3) is 0.267. The monoisotopic (exact) mass is 255 g/mol. The van der Waals surface area contributed by atoms with Crippen molar-refractivity contribution in [2.75, 3.05) is 5.32 Å². The van der Waals surface area contributed by atoms with Gasteiger partial charge in [-0.3, -0.25) is 4.79 Å². The number of hydrogen-bond donors (Lipinski definition) is 1. The van der Waals surface area contributed by atoms with E-state index in [2.05, 4.69) is 15.3 Å². The molecule has 0 aliphatic carbocycles. The summed E-state index contributed by atoms with van der Waals surface area (Å²) in [5, 5.41) is 2.89. The molecule has 2 rings (SSSR count). The maximum Gasteiger partial charge on any atom is 0.274 e. The molecule has 19 heavy (non-hydrogen) atoms. The molecule has 0 spiro atoms.